The van der Waals surface area contributed by atoms with Crippen LogP contribution in [0, 0.1) is 0 Å². The predicted molar refractivity (Wildman–Crippen MR) is 65.8 cm³/mol. The fraction of sp³-hybridized carbons (Fsp3) is 0.167. The maximum Gasteiger partial charge on any atom is 0.250 e. The number of pyridine rings is 2. The summed E-state index contributed by atoms with van der Waals surface area (Å²) in [5, 5.41) is 0. The molecule has 2 aromatic heterocycles. The summed E-state index contributed by atoms with van der Waals surface area (Å²) < 4.78 is 3.05. The minimum atomic E-state index is -0.122. The van der Waals surface area contributed by atoms with Crippen LogP contribution >= 0.6 is 0 Å². The normalized spacial score (nSPS) is 10.4. The van der Waals surface area contributed by atoms with Gasteiger partial charge < -0.3 is 14.9 Å². The molecule has 17 heavy (non-hydrogen) atoms. The second-order valence-corrected chi connectivity index (χ2v) is 3.73. The first kappa shape index (κ1) is 11.2. The van der Waals surface area contributed by atoms with Gasteiger partial charge in [-0.1, -0.05) is 6.07 Å². The number of anilines is 1. The van der Waals surface area contributed by atoms with Crippen LogP contribution in [0.3, 0.4) is 0 Å². The Kier molecular flexibility index (Phi) is 3.09. The molecule has 0 atom stereocenters. The standard InChI is InChI=1S/C12H13N3O2/c13-10-4-5-12(17)15(9-10)8-7-14-6-2-1-3-11(14)16/h1-6,9H,7-8,13H2. The van der Waals surface area contributed by atoms with E-state index < -0.39 is 0 Å². The molecule has 2 aromatic rings. The van der Waals surface area contributed by atoms with Crippen LogP contribution < -0.4 is 16.9 Å². The van der Waals surface area contributed by atoms with Crippen molar-refractivity contribution in [2.75, 3.05) is 5.73 Å². The third kappa shape index (κ3) is 2.63. The van der Waals surface area contributed by atoms with E-state index in [-0.39, 0.29) is 11.1 Å². The van der Waals surface area contributed by atoms with Gasteiger partial charge in [0, 0.05) is 43.3 Å². The number of nitrogens with two attached hydrogens (primary N) is 1. The Hall–Kier alpha value is -2.30. The number of rotatable bonds is 3. The van der Waals surface area contributed by atoms with E-state index in [2.05, 4.69) is 0 Å². The lowest BCUT2D eigenvalue weighted by Crippen LogP contribution is -2.25. The number of nitrogen functional groups attached to an aromatic ring is 1. The molecule has 0 radical (unpaired) electrons. The van der Waals surface area contributed by atoms with E-state index in [4.69, 9.17) is 5.73 Å². The largest absolute Gasteiger partial charge is 0.398 e. The first-order valence-electron chi connectivity index (χ1n) is 5.28. The van der Waals surface area contributed by atoms with E-state index >= 15 is 0 Å². The molecule has 2 rings (SSSR count). The lowest BCUT2D eigenvalue weighted by Gasteiger charge is -2.08. The first-order chi connectivity index (χ1) is 8.16. The summed E-state index contributed by atoms with van der Waals surface area (Å²) in [7, 11) is 0. The summed E-state index contributed by atoms with van der Waals surface area (Å²) in [6, 6.07) is 7.94. The molecule has 2 N–H and O–H groups in total. The molecule has 88 valence electrons. The molecule has 0 amide bonds. The molecule has 0 saturated carbocycles. The molecule has 0 aliphatic heterocycles. The Labute approximate surface area is 97.7 Å². The van der Waals surface area contributed by atoms with Gasteiger partial charge in [0.1, 0.15) is 0 Å². The van der Waals surface area contributed by atoms with Crippen LogP contribution in [-0.4, -0.2) is 9.13 Å². The molecular weight excluding hydrogens is 218 g/mol. The van der Waals surface area contributed by atoms with E-state index in [1.807, 2.05) is 0 Å². The topological polar surface area (TPSA) is 70.0 Å². The molecule has 0 saturated heterocycles. The predicted octanol–water partition coefficient (Wildman–Crippen LogP) is 0.292. The Balaban J connectivity index is 2.18. The van der Waals surface area contributed by atoms with Crippen LogP contribution in [-0.2, 0) is 13.1 Å². The number of aryl methyl sites for hydroxylation is 2. The van der Waals surface area contributed by atoms with Crippen LogP contribution in [0.15, 0.2) is 52.3 Å². The summed E-state index contributed by atoms with van der Waals surface area (Å²) in [5.41, 5.74) is 5.93. The molecule has 0 aliphatic rings. The Morgan fingerprint density at radius 1 is 0.941 bits per heavy atom. The monoisotopic (exact) mass is 231 g/mol. The summed E-state index contributed by atoms with van der Waals surface area (Å²) in [6.45, 7) is 0.872. The van der Waals surface area contributed by atoms with Crippen molar-refractivity contribution in [3.63, 3.8) is 0 Å². The molecular formula is C12H13N3O2. The highest BCUT2D eigenvalue weighted by Gasteiger charge is 1.98. The van der Waals surface area contributed by atoms with Gasteiger partial charge in [-0.15, -0.1) is 0 Å². The van der Waals surface area contributed by atoms with Gasteiger partial charge >= 0.3 is 0 Å². The highest BCUT2D eigenvalue weighted by Crippen LogP contribution is 1.96. The summed E-state index contributed by atoms with van der Waals surface area (Å²) >= 11 is 0. The van der Waals surface area contributed by atoms with Gasteiger partial charge in [0.05, 0.1) is 0 Å². The number of hydrogen-bond donors (Lipinski definition) is 1. The zero-order valence-electron chi connectivity index (χ0n) is 9.24. The molecule has 0 unspecified atom stereocenters. The quantitative estimate of drug-likeness (QED) is 0.825. The Morgan fingerprint density at radius 2 is 1.65 bits per heavy atom. The third-order valence-corrected chi connectivity index (χ3v) is 2.49. The van der Waals surface area contributed by atoms with Crippen molar-refractivity contribution in [1.82, 2.24) is 9.13 Å². The zero-order chi connectivity index (χ0) is 12.3. The zero-order valence-corrected chi connectivity index (χ0v) is 9.24. The van der Waals surface area contributed by atoms with Gasteiger partial charge in [0.25, 0.3) is 11.1 Å². The van der Waals surface area contributed by atoms with Gasteiger partial charge in [-0.05, 0) is 12.1 Å². The number of nitrogens with zero attached hydrogens (tertiary/aromatic N) is 2. The lowest BCUT2D eigenvalue weighted by molar-refractivity contribution is 0.553. The molecule has 0 aliphatic carbocycles. The van der Waals surface area contributed by atoms with E-state index in [0.717, 1.165) is 0 Å². The maximum atomic E-state index is 11.5. The van der Waals surface area contributed by atoms with Gasteiger partial charge in [0.15, 0.2) is 0 Å². The number of hydrogen-bond acceptors (Lipinski definition) is 3. The van der Waals surface area contributed by atoms with E-state index in [0.29, 0.717) is 18.8 Å². The highest BCUT2D eigenvalue weighted by atomic mass is 16.1. The van der Waals surface area contributed by atoms with Gasteiger partial charge in [-0.3, -0.25) is 9.59 Å². The first-order valence-corrected chi connectivity index (χ1v) is 5.28. The second-order valence-electron chi connectivity index (χ2n) is 3.73. The van der Waals surface area contributed by atoms with Crippen LogP contribution in [0.5, 0.6) is 0 Å². The van der Waals surface area contributed by atoms with Crippen LogP contribution in [0.1, 0.15) is 0 Å². The molecule has 0 spiro atoms. The fourth-order valence-corrected chi connectivity index (χ4v) is 1.59. The summed E-state index contributed by atoms with van der Waals surface area (Å²) in [4.78, 5) is 22.9. The SMILES string of the molecule is Nc1ccc(=O)n(CCn2ccccc2=O)c1. The lowest BCUT2D eigenvalue weighted by atomic mass is 10.4. The molecule has 5 heteroatoms. The van der Waals surface area contributed by atoms with Crippen molar-refractivity contribution >= 4 is 5.69 Å². The van der Waals surface area contributed by atoms with Crippen LogP contribution in [0.4, 0.5) is 5.69 Å². The van der Waals surface area contributed by atoms with Crippen molar-refractivity contribution in [1.29, 1.82) is 0 Å². The maximum absolute atomic E-state index is 11.5. The Morgan fingerprint density at radius 3 is 2.41 bits per heavy atom. The smallest absolute Gasteiger partial charge is 0.250 e. The van der Waals surface area contributed by atoms with Crippen molar-refractivity contribution in [2.45, 2.75) is 13.1 Å². The average Bonchev–Trinajstić information content (AvgIpc) is 2.32. The van der Waals surface area contributed by atoms with Gasteiger partial charge in [-0.25, -0.2) is 0 Å². The highest BCUT2D eigenvalue weighted by molar-refractivity contribution is 5.33. The van der Waals surface area contributed by atoms with Gasteiger partial charge in [-0.2, -0.15) is 0 Å². The van der Waals surface area contributed by atoms with Gasteiger partial charge in [0.2, 0.25) is 0 Å². The fourth-order valence-electron chi connectivity index (χ4n) is 1.59. The van der Waals surface area contributed by atoms with E-state index in [9.17, 15) is 9.59 Å². The summed E-state index contributed by atoms with van der Waals surface area (Å²) in [6.07, 6.45) is 3.27. The molecule has 0 bridgehead atoms. The molecule has 0 aromatic carbocycles. The third-order valence-electron chi connectivity index (χ3n) is 2.49. The molecule has 2 heterocycles. The number of aromatic nitrogens is 2. The minimum Gasteiger partial charge on any atom is -0.398 e. The van der Waals surface area contributed by atoms with Crippen LogP contribution in [0.25, 0.3) is 0 Å². The Bertz CT molecular complexity index is 628. The molecule has 0 fully saturated rings. The van der Waals surface area contributed by atoms with E-state index in [1.165, 1.54) is 16.7 Å². The van der Waals surface area contributed by atoms with Crippen molar-refractivity contribution in [3.05, 3.63) is 63.4 Å². The van der Waals surface area contributed by atoms with Crippen molar-refractivity contribution in [2.24, 2.45) is 0 Å². The van der Waals surface area contributed by atoms with Crippen molar-refractivity contribution < 1.29 is 0 Å². The average molecular weight is 231 g/mol. The minimum absolute atomic E-state index is 0.0792. The van der Waals surface area contributed by atoms with Crippen LogP contribution in [0.2, 0.25) is 0 Å². The molecule has 5 nitrogen and oxygen atoms in total. The second kappa shape index (κ2) is 4.69. The van der Waals surface area contributed by atoms with Crippen molar-refractivity contribution in [3.8, 4) is 0 Å². The summed E-state index contributed by atoms with van der Waals surface area (Å²) in [5.74, 6) is 0. The van der Waals surface area contributed by atoms with E-state index in [1.54, 1.807) is 35.2 Å².